The molecule has 0 bridgehead atoms. The molecule has 0 aliphatic carbocycles. The Kier molecular flexibility index (Phi) is 5.94. The van der Waals surface area contributed by atoms with Crippen LogP contribution in [0.25, 0.3) is 0 Å². The first kappa shape index (κ1) is 11.1. The van der Waals surface area contributed by atoms with E-state index in [9.17, 15) is 0 Å². The van der Waals surface area contributed by atoms with Crippen molar-refractivity contribution in [3.8, 4) is 0 Å². The average molecular weight is 225 g/mol. The van der Waals surface area contributed by atoms with Crippen LogP contribution < -0.4 is 0 Å². The quantitative estimate of drug-likeness (QED) is 0.663. The summed E-state index contributed by atoms with van der Waals surface area (Å²) in [5, 5.41) is 0.403. The van der Waals surface area contributed by atoms with Crippen LogP contribution in [0.5, 0.6) is 0 Å². The van der Waals surface area contributed by atoms with Crippen LogP contribution in [-0.2, 0) is 0 Å². The molecule has 0 nitrogen and oxygen atoms in total. The summed E-state index contributed by atoms with van der Waals surface area (Å²) >= 11 is 10.4. The second kappa shape index (κ2) is 6.44. The molecule has 1 aliphatic heterocycles. The second-order valence-electron chi connectivity index (χ2n) is 3.12. The summed E-state index contributed by atoms with van der Waals surface area (Å²) in [5.41, 5.74) is 0. The van der Waals surface area contributed by atoms with Crippen LogP contribution in [0.4, 0.5) is 0 Å². The average Bonchev–Trinajstić information content (AvgIpc) is 2.15. The Hall–Kier alpha value is 0.990. The standard InChI is InChI=1S/C9H17ClS2/c1-2-3-5-8(10)9-11-6-4-7-12-9/h8-9H,2-7H2,1H3. The minimum absolute atomic E-state index is 0.403. The number of hydrogen-bond donors (Lipinski definition) is 0. The molecule has 1 fully saturated rings. The molecule has 1 atom stereocenters. The Morgan fingerprint density at radius 1 is 1.42 bits per heavy atom. The first-order valence-electron chi connectivity index (χ1n) is 4.72. The molecule has 72 valence electrons. The number of unbranched alkanes of at least 4 members (excludes halogenated alkanes) is 1. The monoisotopic (exact) mass is 224 g/mol. The Labute approximate surface area is 89.2 Å². The fourth-order valence-electron chi connectivity index (χ4n) is 1.25. The molecule has 0 amide bonds. The highest BCUT2D eigenvalue weighted by Crippen LogP contribution is 2.36. The van der Waals surface area contributed by atoms with Gasteiger partial charge in [-0.05, 0) is 24.3 Å². The molecule has 0 aromatic rings. The molecule has 1 rings (SSSR count). The minimum Gasteiger partial charge on any atom is -0.146 e. The van der Waals surface area contributed by atoms with Crippen molar-refractivity contribution in [1.82, 2.24) is 0 Å². The van der Waals surface area contributed by atoms with Gasteiger partial charge in [-0.3, -0.25) is 0 Å². The number of halogens is 1. The van der Waals surface area contributed by atoms with E-state index in [1.54, 1.807) is 0 Å². The molecule has 0 saturated carbocycles. The van der Waals surface area contributed by atoms with Crippen molar-refractivity contribution in [2.75, 3.05) is 11.5 Å². The molecule has 0 N–H and O–H groups in total. The lowest BCUT2D eigenvalue weighted by molar-refractivity contribution is 0.701. The zero-order chi connectivity index (χ0) is 8.81. The van der Waals surface area contributed by atoms with Gasteiger partial charge in [-0.25, -0.2) is 0 Å². The fraction of sp³-hybridized carbons (Fsp3) is 1.00. The predicted molar refractivity (Wildman–Crippen MR) is 62.5 cm³/mol. The molecular formula is C9H17ClS2. The van der Waals surface area contributed by atoms with Gasteiger partial charge < -0.3 is 0 Å². The van der Waals surface area contributed by atoms with Gasteiger partial charge in [0.15, 0.2) is 0 Å². The van der Waals surface area contributed by atoms with E-state index >= 15 is 0 Å². The van der Waals surface area contributed by atoms with Gasteiger partial charge in [-0.15, -0.1) is 35.1 Å². The summed E-state index contributed by atoms with van der Waals surface area (Å²) in [4.78, 5) is 0. The van der Waals surface area contributed by atoms with Crippen LogP contribution in [0.1, 0.15) is 32.6 Å². The van der Waals surface area contributed by atoms with E-state index in [1.807, 2.05) is 0 Å². The maximum absolute atomic E-state index is 6.30. The van der Waals surface area contributed by atoms with E-state index in [-0.39, 0.29) is 0 Å². The molecule has 1 aliphatic rings. The van der Waals surface area contributed by atoms with E-state index in [2.05, 4.69) is 30.4 Å². The molecule has 0 radical (unpaired) electrons. The van der Waals surface area contributed by atoms with Crippen molar-refractivity contribution >= 4 is 35.1 Å². The first-order chi connectivity index (χ1) is 5.84. The van der Waals surface area contributed by atoms with Crippen LogP contribution in [0, 0.1) is 0 Å². The Morgan fingerprint density at radius 3 is 2.67 bits per heavy atom. The van der Waals surface area contributed by atoms with Gasteiger partial charge in [0, 0.05) is 0 Å². The highest BCUT2D eigenvalue weighted by atomic mass is 35.5. The Morgan fingerprint density at radius 2 is 2.08 bits per heavy atom. The maximum atomic E-state index is 6.30. The van der Waals surface area contributed by atoms with Crippen LogP contribution in [0.15, 0.2) is 0 Å². The normalized spacial score (nSPS) is 22.5. The number of thioether (sulfide) groups is 2. The van der Waals surface area contributed by atoms with E-state index in [0.29, 0.717) is 9.96 Å². The number of hydrogen-bond acceptors (Lipinski definition) is 2. The molecular weight excluding hydrogens is 208 g/mol. The van der Waals surface area contributed by atoms with Gasteiger partial charge in [-0.1, -0.05) is 19.8 Å². The summed E-state index contributed by atoms with van der Waals surface area (Å²) in [6.07, 6.45) is 5.11. The molecule has 1 heterocycles. The topological polar surface area (TPSA) is 0 Å². The van der Waals surface area contributed by atoms with Gasteiger partial charge in [0.05, 0.1) is 9.96 Å². The zero-order valence-corrected chi connectivity index (χ0v) is 9.98. The van der Waals surface area contributed by atoms with Crippen molar-refractivity contribution < 1.29 is 0 Å². The van der Waals surface area contributed by atoms with Crippen LogP contribution >= 0.6 is 35.1 Å². The molecule has 1 unspecified atom stereocenters. The fourth-order valence-corrected chi connectivity index (χ4v) is 4.76. The van der Waals surface area contributed by atoms with E-state index in [1.165, 1.54) is 37.2 Å². The molecule has 0 aromatic carbocycles. The minimum atomic E-state index is 0.403. The van der Waals surface area contributed by atoms with E-state index < -0.39 is 0 Å². The summed E-state index contributed by atoms with van der Waals surface area (Å²) in [6.45, 7) is 2.23. The smallest absolute Gasteiger partial charge is 0.0665 e. The third-order valence-electron chi connectivity index (χ3n) is 1.98. The number of alkyl halides is 1. The molecule has 1 saturated heterocycles. The lowest BCUT2D eigenvalue weighted by Gasteiger charge is -2.24. The summed E-state index contributed by atoms with van der Waals surface area (Å²) in [6, 6.07) is 0. The lowest BCUT2D eigenvalue weighted by atomic mass is 10.2. The van der Waals surface area contributed by atoms with Crippen molar-refractivity contribution in [3.63, 3.8) is 0 Å². The van der Waals surface area contributed by atoms with Gasteiger partial charge in [0.1, 0.15) is 0 Å². The van der Waals surface area contributed by atoms with Crippen LogP contribution in [-0.4, -0.2) is 21.5 Å². The van der Waals surface area contributed by atoms with Gasteiger partial charge in [0.25, 0.3) is 0 Å². The largest absolute Gasteiger partial charge is 0.146 e. The van der Waals surface area contributed by atoms with Crippen LogP contribution in [0.2, 0.25) is 0 Å². The van der Waals surface area contributed by atoms with Crippen molar-refractivity contribution in [2.45, 2.75) is 42.6 Å². The highest BCUT2D eigenvalue weighted by molar-refractivity contribution is 8.17. The van der Waals surface area contributed by atoms with E-state index in [0.717, 1.165) is 0 Å². The van der Waals surface area contributed by atoms with Crippen LogP contribution in [0.3, 0.4) is 0 Å². The zero-order valence-electron chi connectivity index (χ0n) is 7.59. The molecule has 0 spiro atoms. The van der Waals surface area contributed by atoms with Gasteiger partial charge in [-0.2, -0.15) is 0 Å². The van der Waals surface area contributed by atoms with E-state index in [4.69, 9.17) is 11.6 Å². The van der Waals surface area contributed by atoms with Crippen molar-refractivity contribution in [2.24, 2.45) is 0 Å². The van der Waals surface area contributed by atoms with Crippen molar-refractivity contribution in [1.29, 1.82) is 0 Å². The SMILES string of the molecule is CCCCC(Cl)C1SCCCS1. The molecule has 0 aromatic heterocycles. The van der Waals surface area contributed by atoms with Crippen molar-refractivity contribution in [3.05, 3.63) is 0 Å². The summed E-state index contributed by atoms with van der Waals surface area (Å²) in [5.74, 6) is 2.63. The third kappa shape index (κ3) is 3.80. The Bertz CT molecular complexity index is 113. The van der Waals surface area contributed by atoms with Gasteiger partial charge >= 0.3 is 0 Å². The lowest BCUT2D eigenvalue weighted by Crippen LogP contribution is -2.18. The summed E-state index contributed by atoms with van der Waals surface area (Å²) in [7, 11) is 0. The predicted octanol–water partition coefficient (Wildman–Crippen LogP) is 3.98. The molecule has 3 heteroatoms. The van der Waals surface area contributed by atoms with Gasteiger partial charge in [0.2, 0.25) is 0 Å². The Balaban J connectivity index is 2.15. The maximum Gasteiger partial charge on any atom is 0.0665 e. The summed E-state index contributed by atoms with van der Waals surface area (Å²) < 4.78 is 0.673. The number of rotatable bonds is 4. The molecule has 12 heavy (non-hydrogen) atoms. The second-order valence-corrected chi connectivity index (χ2v) is 6.48. The first-order valence-corrected chi connectivity index (χ1v) is 7.25. The highest BCUT2D eigenvalue weighted by Gasteiger charge is 2.22. The third-order valence-corrected chi connectivity index (χ3v) is 5.93.